The van der Waals surface area contributed by atoms with Crippen LogP contribution in [-0.4, -0.2) is 24.0 Å². The Morgan fingerprint density at radius 3 is 2.57 bits per heavy atom. The van der Waals surface area contributed by atoms with Crippen molar-refractivity contribution in [3.05, 3.63) is 0 Å². The van der Waals surface area contributed by atoms with Crippen LogP contribution in [0.15, 0.2) is 0 Å². The molecule has 0 aromatic heterocycles. The number of nitrogens with two attached hydrogens (primary N) is 1. The maximum Gasteiger partial charge on any atom is 0.0896 e. The highest BCUT2D eigenvalue weighted by Gasteiger charge is 1.92. The van der Waals surface area contributed by atoms with Crippen molar-refractivity contribution in [3.63, 3.8) is 0 Å². The Kier molecular flexibility index (Phi) is 3.55. The Morgan fingerprint density at radius 2 is 2.43 bits per heavy atom. The van der Waals surface area contributed by atoms with Crippen molar-refractivity contribution in [2.75, 3.05) is 6.54 Å². The lowest BCUT2D eigenvalue weighted by Gasteiger charge is -1.96. The molecule has 0 aliphatic heterocycles. The Balaban J connectivity index is 2.98. The molecule has 7 heavy (non-hydrogen) atoms. The van der Waals surface area contributed by atoms with Crippen molar-refractivity contribution in [2.45, 2.75) is 12.5 Å². The van der Waals surface area contributed by atoms with E-state index in [2.05, 4.69) is 0 Å². The smallest absolute Gasteiger partial charge is 0.0896 e. The number of nitrogens with one attached hydrogen (secondary N) is 1. The van der Waals surface area contributed by atoms with E-state index >= 15 is 0 Å². The van der Waals surface area contributed by atoms with Gasteiger partial charge in [0.05, 0.1) is 6.10 Å². The highest BCUT2D eigenvalue weighted by molar-refractivity contribution is 5.58. The molecule has 42 valence electrons. The summed E-state index contributed by atoms with van der Waals surface area (Å²) in [5.41, 5.74) is 5.04. The fourth-order valence-corrected chi connectivity index (χ4v) is 0.254. The lowest BCUT2D eigenvalue weighted by Crippen LogP contribution is -2.13. The van der Waals surface area contributed by atoms with Gasteiger partial charge in [0.25, 0.3) is 0 Å². The van der Waals surface area contributed by atoms with Gasteiger partial charge >= 0.3 is 0 Å². The third kappa shape index (κ3) is 3.42. The van der Waals surface area contributed by atoms with E-state index in [0.717, 1.165) is 6.21 Å². The molecule has 0 aliphatic carbocycles. The SMILES string of the molecule is N=CC(O)CCN. The van der Waals surface area contributed by atoms with E-state index in [0.29, 0.717) is 13.0 Å². The van der Waals surface area contributed by atoms with Crippen molar-refractivity contribution in [1.82, 2.24) is 0 Å². The van der Waals surface area contributed by atoms with Crippen LogP contribution < -0.4 is 5.73 Å². The van der Waals surface area contributed by atoms with E-state index in [-0.39, 0.29) is 0 Å². The number of aliphatic hydroxyl groups is 1. The first-order chi connectivity index (χ1) is 3.31. The molecule has 0 saturated heterocycles. The van der Waals surface area contributed by atoms with Gasteiger partial charge in [-0.05, 0) is 13.0 Å². The van der Waals surface area contributed by atoms with Crippen LogP contribution in [0.1, 0.15) is 6.42 Å². The lowest BCUT2D eigenvalue weighted by atomic mass is 10.3. The van der Waals surface area contributed by atoms with Crippen LogP contribution in [0.2, 0.25) is 0 Å². The summed E-state index contributed by atoms with van der Waals surface area (Å²) >= 11 is 0. The second-order valence-corrected chi connectivity index (χ2v) is 1.31. The summed E-state index contributed by atoms with van der Waals surface area (Å²) in [6, 6.07) is 0. The van der Waals surface area contributed by atoms with Gasteiger partial charge in [-0.15, -0.1) is 0 Å². The number of rotatable bonds is 3. The van der Waals surface area contributed by atoms with E-state index < -0.39 is 6.10 Å². The zero-order valence-electron chi connectivity index (χ0n) is 4.09. The molecule has 1 atom stereocenters. The first-order valence-electron chi connectivity index (χ1n) is 2.20. The largest absolute Gasteiger partial charge is 0.387 e. The minimum Gasteiger partial charge on any atom is -0.387 e. The number of hydrogen-bond acceptors (Lipinski definition) is 3. The van der Waals surface area contributed by atoms with Crippen molar-refractivity contribution >= 4 is 6.21 Å². The molecular weight excluding hydrogens is 92.1 g/mol. The first kappa shape index (κ1) is 6.59. The molecule has 0 aromatic rings. The molecule has 3 nitrogen and oxygen atoms in total. The van der Waals surface area contributed by atoms with E-state index in [9.17, 15) is 0 Å². The van der Waals surface area contributed by atoms with E-state index in [4.69, 9.17) is 16.2 Å². The van der Waals surface area contributed by atoms with Gasteiger partial charge in [0.1, 0.15) is 0 Å². The second kappa shape index (κ2) is 3.77. The normalized spacial score (nSPS) is 13.4. The first-order valence-corrected chi connectivity index (χ1v) is 2.20. The maximum atomic E-state index is 8.53. The van der Waals surface area contributed by atoms with Gasteiger partial charge in [-0.25, -0.2) is 0 Å². The van der Waals surface area contributed by atoms with Crippen LogP contribution >= 0.6 is 0 Å². The standard InChI is InChI=1S/C4H10N2O/c5-2-1-4(7)3-6/h3-4,6-7H,1-2,5H2. The highest BCUT2D eigenvalue weighted by Crippen LogP contribution is 1.80. The predicted octanol–water partition coefficient (Wildman–Crippen LogP) is -0.654. The Morgan fingerprint density at radius 1 is 1.86 bits per heavy atom. The zero-order valence-corrected chi connectivity index (χ0v) is 4.09. The Labute approximate surface area is 42.7 Å². The molecule has 0 spiro atoms. The molecule has 0 radical (unpaired) electrons. The zero-order chi connectivity index (χ0) is 5.70. The fourth-order valence-electron chi connectivity index (χ4n) is 0.254. The van der Waals surface area contributed by atoms with Crippen LogP contribution in [0.25, 0.3) is 0 Å². The topological polar surface area (TPSA) is 70.1 Å². The summed E-state index contributed by atoms with van der Waals surface area (Å²) in [6.07, 6.45) is 0.834. The lowest BCUT2D eigenvalue weighted by molar-refractivity contribution is 0.238. The average Bonchev–Trinajstić information content (AvgIpc) is 1.68. The minimum absolute atomic E-state index is 0.441. The molecule has 0 amide bonds. The average molecular weight is 102 g/mol. The van der Waals surface area contributed by atoms with Crippen molar-refractivity contribution in [1.29, 1.82) is 5.41 Å². The molecule has 0 saturated carbocycles. The predicted molar refractivity (Wildman–Crippen MR) is 28.5 cm³/mol. The Hall–Kier alpha value is -0.410. The van der Waals surface area contributed by atoms with Crippen molar-refractivity contribution in [3.8, 4) is 0 Å². The quantitative estimate of drug-likeness (QED) is 0.414. The van der Waals surface area contributed by atoms with E-state index in [1.54, 1.807) is 0 Å². The molecule has 0 bridgehead atoms. The van der Waals surface area contributed by atoms with Crippen LogP contribution in [0.5, 0.6) is 0 Å². The van der Waals surface area contributed by atoms with Crippen molar-refractivity contribution < 1.29 is 5.11 Å². The van der Waals surface area contributed by atoms with Gasteiger partial charge in [0.2, 0.25) is 0 Å². The summed E-state index contributed by atoms with van der Waals surface area (Å²) in [7, 11) is 0. The summed E-state index contributed by atoms with van der Waals surface area (Å²) in [5.74, 6) is 0. The summed E-state index contributed by atoms with van der Waals surface area (Å²) in [5, 5.41) is 15.0. The van der Waals surface area contributed by atoms with Gasteiger partial charge in [0, 0.05) is 6.21 Å². The van der Waals surface area contributed by atoms with E-state index in [1.165, 1.54) is 0 Å². The van der Waals surface area contributed by atoms with Crippen LogP contribution in [0.4, 0.5) is 0 Å². The molecule has 0 rings (SSSR count). The molecular formula is C4H10N2O. The molecule has 3 heteroatoms. The molecule has 0 aliphatic rings. The van der Waals surface area contributed by atoms with Gasteiger partial charge in [-0.3, -0.25) is 0 Å². The minimum atomic E-state index is -0.634. The maximum absolute atomic E-state index is 8.53. The molecule has 0 fully saturated rings. The van der Waals surface area contributed by atoms with Gasteiger partial charge in [0.15, 0.2) is 0 Å². The van der Waals surface area contributed by atoms with Crippen LogP contribution in [0, 0.1) is 5.41 Å². The second-order valence-electron chi connectivity index (χ2n) is 1.31. The van der Waals surface area contributed by atoms with Crippen LogP contribution in [-0.2, 0) is 0 Å². The van der Waals surface area contributed by atoms with E-state index in [1.807, 2.05) is 0 Å². The van der Waals surface area contributed by atoms with Gasteiger partial charge in [-0.2, -0.15) is 0 Å². The van der Waals surface area contributed by atoms with Gasteiger partial charge in [-0.1, -0.05) is 0 Å². The van der Waals surface area contributed by atoms with Crippen molar-refractivity contribution in [2.24, 2.45) is 5.73 Å². The number of hydrogen-bond donors (Lipinski definition) is 3. The third-order valence-electron chi connectivity index (χ3n) is 0.655. The van der Waals surface area contributed by atoms with Gasteiger partial charge < -0.3 is 16.2 Å². The summed E-state index contributed by atoms with van der Waals surface area (Å²) < 4.78 is 0. The monoisotopic (exact) mass is 102 g/mol. The fraction of sp³-hybridized carbons (Fsp3) is 0.750. The Bertz CT molecular complexity index is 55.7. The molecule has 4 N–H and O–H groups in total. The molecule has 0 heterocycles. The molecule has 1 unspecified atom stereocenters. The summed E-state index contributed by atoms with van der Waals surface area (Å²) in [4.78, 5) is 0. The summed E-state index contributed by atoms with van der Waals surface area (Å²) in [6.45, 7) is 0.441. The number of aliphatic hydroxyl groups excluding tert-OH is 1. The third-order valence-corrected chi connectivity index (χ3v) is 0.655. The van der Waals surface area contributed by atoms with Crippen LogP contribution in [0.3, 0.4) is 0 Å². The highest BCUT2D eigenvalue weighted by atomic mass is 16.3. The molecule has 0 aromatic carbocycles.